The van der Waals surface area contributed by atoms with Crippen LogP contribution in [0.2, 0.25) is 0 Å². The zero-order chi connectivity index (χ0) is 20.5. The van der Waals surface area contributed by atoms with E-state index in [4.69, 9.17) is 4.74 Å². The fourth-order valence-electron chi connectivity index (χ4n) is 2.72. The van der Waals surface area contributed by atoms with E-state index in [2.05, 4.69) is 10.0 Å². The molecule has 0 saturated heterocycles. The molecule has 9 heteroatoms. The van der Waals surface area contributed by atoms with Gasteiger partial charge in [0, 0.05) is 17.2 Å². The van der Waals surface area contributed by atoms with Crippen molar-refractivity contribution in [3.05, 3.63) is 59.2 Å². The first-order valence-corrected chi connectivity index (χ1v) is 10.2. The van der Waals surface area contributed by atoms with E-state index in [1.54, 1.807) is 0 Å². The Kier molecular flexibility index (Phi) is 5.66. The molecule has 0 aromatic heterocycles. The van der Waals surface area contributed by atoms with Crippen LogP contribution < -0.4 is 14.8 Å². The molecule has 1 aliphatic carbocycles. The van der Waals surface area contributed by atoms with Crippen LogP contribution in [-0.2, 0) is 10.0 Å². The molecule has 0 bridgehead atoms. The van der Waals surface area contributed by atoms with Crippen molar-refractivity contribution >= 4 is 15.9 Å². The molecule has 1 aliphatic rings. The zero-order valence-corrected chi connectivity index (χ0v) is 16.1. The Hall–Kier alpha value is -2.52. The van der Waals surface area contributed by atoms with Crippen LogP contribution >= 0.6 is 0 Å². The molecule has 150 valence electrons. The third-order valence-electron chi connectivity index (χ3n) is 4.39. The number of rotatable bonds is 7. The second kappa shape index (κ2) is 7.84. The van der Waals surface area contributed by atoms with Gasteiger partial charge in [0.15, 0.2) is 0 Å². The van der Waals surface area contributed by atoms with Crippen LogP contribution in [0.3, 0.4) is 0 Å². The molecule has 1 fully saturated rings. The predicted octanol–water partition coefficient (Wildman–Crippen LogP) is 2.91. The van der Waals surface area contributed by atoms with Gasteiger partial charge in [-0.3, -0.25) is 4.79 Å². The number of nitrogens with one attached hydrogen (secondary N) is 2. The Morgan fingerprint density at radius 2 is 1.89 bits per heavy atom. The average Bonchev–Trinajstić information content (AvgIpc) is 3.46. The monoisotopic (exact) mass is 410 g/mol. The number of halogens is 2. The molecule has 0 heterocycles. The first-order valence-electron chi connectivity index (χ1n) is 8.67. The highest BCUT2D eigenvalue weighted by molar-refractivity contribution is 7.89. The molecule has 1 saturated carbocycles. The van der Waals surface area contributed by atoms with Crippen LogP contribution in [0.5, 0.6) is 5.75 Å². The first kappa shape index (κ1) is 20.2. The van der Waals surface area contributed by atoms with Crippen LogP contribution in [0.1, 0.15) is 41.7 Å². The van der Waals surface area contributed by atoms with E-state index in [0.29, 0.717) is 0 Å². The van der Waals surface area contributed by atoms with Gasteiger partial charge in [0.2, 0.25) is 10.0 Å². The molecule has 3 rings (SSSR count). The quantitative estimate of drug-likeness (QED) is 0.735. The van der Waals surface area contributed by atoms with E-state index in [1.807, 2.05) is 0 Å². The molecule has 0 aliphatic heterocycles. The molecule has 0 spiro atoms. The number of ether oxygens (including phenoxy) is 1. The molecule has 6 nitrogen and oxygen atoms in total. The van der Waals surface area contributed by atoms with E-state index >= 15 is 0 Å². The van der Waals surface area contributed by atoms with Gasteiger partial charge in [-0.05, 0) is 56.2 Å². The molecular weight excluding hydrogens is 390 g/mol. The predicted molar refractivity (Wildman–Crippen MR) is 98.6 cm³/mol. The number of hydrogen-bond acceptors (Lipinski definition) is 4. The lowest BCUT2D eigenvalue weighted by Crippen LogP contribution is -2.29. The number of methoxy groups -OCH3 is 1. The molecule has 2 aromatic carbocycles. The third kappa shape index (κ3) is 4.48. The summed E-state index contributed by atoms with van der Waals surface area (Å²) in [5.41, 5.74) is 0.0470. The summed E-state index contributed by atoms with van der Waals surface area (Å²) in [6.07, 6.45) is 1.52. The second-order valence-electron chi connectivity index (χ2n) is 6.62. The van der Waals surface area contributed by atoms with Crippen LogP contribution in [0.25, 0.3) is 0 Å². The molecule has 1 unspecified atom stereocenters. The van der Waals surface area contributed by atoms with Gasteiger partial charge in [-0.25, -0.2) is 21.9 Å². The molecule has 2 aromatic rings. The van der Waals surface area contributed by atoms with Gasteiger partial charge in [0.1, 0.15) is 22.3 Å². The number of sulfonamides is 1. The molecule has 1 amide bonds. The van der Waals surface area contributed by atoms with Crippen molar-refractivity contribution in [2.24, 2.45) is 0 Å². The number of benzene rings is 2. The van der Waals surface area contributed by atoms with Crippen molar-refractivity contribution in [3.63, 3.8) is 0 Å². The highest BCUT2D eigenvalue weighted by Gasteiger charge is 2.30. The van der Waals surface area contributed by atoms with E-state index < -0.39 is 33.6 Å². The van der Waals surface area contributed by atoms with Crippen LogP contribution in [0.15, 0.2) is 41.3 Å². The Bertz CT molecular complexity index is 1010. The van der Waals surface area contributed by atoms with Crippen LogP contribution in [0, 0.1) is 11.6 Å². The maximum atomic E-state index is 13.9. The smallest absolute Gasteiger partial charge is 0.251 e. The van der Waals surface area contributed by atoms with Gasteiger partial charge < -0.3 is 10.1 Å². The largest absolute Gasteiger partial charge is 0.495 e. The van der Waals surface area contributed by atoms with E-state index in [9.17, 15) is 22.0 Å². The minimum absolute atomic E-state index is 0.00916. The topological polar surface area (TPSA) is 84.5 Å². The highest BCUT2D eigenvalue weighted by atomic mass is 32.2. The van der Waals surface area contributed by atoms with Crippen molar-refractivity contribution in [3.8, 4) is 5.75 Å². The summed E-state index contributed by atoms with van der Waals surface area (Å²) in [4.78, 5) is 12.4. The van der Waals surface area contributed by atoms with Gasteiger partial charge in [-0.2, -0.15) is 0 Å². The SMILES string of the molecule is COc1ccc(C(=O)NC(C)c2cc(F)ccc2F)cc1S(=O)(=O)NC1CC1. The average molecular weight is 410 g/mol. The van der Waals surface area contributed by atoms with Gasteiger partial charge >= 0.3 is 0 Å². The minimum atomic E-state index is -3.85. The lowest BCUT2D eigenvalue weighted by Gasteiger charge is -2.16. The maximum absolute atomic E-state index is 13.9. The molecule has 2 N–H and O–H groups in total. The standard InChI is InChI=1S/C19H20F2N2O4S/c1-11(15-10-13(20)4-7-16(15)21)22-19(24)12-3-8-17(27-2)18(9-12)28(25,26)23-14-5-6-14/h3-4,7-11,14,23H,5-6H2,1-2H3,(H,22,24). The lowest BCUT2D eigenvalue weighted by atomic mass is 10.1. The number of hydrogen-bond donors (Lipinski definition) is 2. The molecule has 28 heavy (non-hydrogen) atoms. The van der Waals surface area contributed by atoms with E-state index in [1.165, 1.54) is 32.2 Å². The number of carbonyl (C=O) groups excluding carboxylic acids is 1. The highest BCUT2D eigenvalue weighted by Crippen LogP contribution is 2.28. The Labute approximate surface area is 162 Å². The maximum Gasteiger partial charge on any atom is 0.251 e. The molecule has 0 radical (unpaired) electrons. The summed E-state index contributed by atoms with van der Waals surface area (Å²) in [5, 5.41) is 2.55. The third-order valence-corrected chi connectivity index (χ3v) is 5.93. The summed E-state index contributed by atoms with van der Waals surface area (Å²) < 4.78 is 60.0. The van der Waals surface area contributed by atoms with Gasteiger partial charge in [-0.1, -0.05) is 0 Å². The first-order chi connectivity index (χ1) is 13.2. The lowest BCUT2D eigenvalue weighted by molar-refractivity contribution is 0.0939. The molecule has 1 atom stereocenters. The number of amides is 1. The van der Waals surface area contributed by atoms with Gasteiger partial charge in [0.25, 0.3) is 5.91 Å². The van der Waals surface area contributed by atoms with Crippen molar-refractivity contribution in [1.82, 2.24) is 10.0 Å². The van der Waals surface area contributed by atoms with Crippen molar-refractivity contribution in [1.29, 1.82) is 0 Å². The summed E-state index contributed by atoms with van der Waals surface area (Å²) >= 11 is 0. The van der Waals surface area contributed by atoms with Crippen molar-refractivity contribution in [2.45, 2.75) is 36.7 Å². The van der Waals surface area contributed by atoms with E-state index in [0.717, 1.165) is 31.0 Å². The van der Waals surface area contributed by atoms with Gasteiger partial charge in [0.05, 0.1) is 13.2 Å². The summed E-state index contributed by atoms with van der Waals surface area (Å²) in [5.74, 6) is -1.79. The Balaban J connectivity index is 1.85. The molecular formula is C19H20F2N2O4S. The van der Waals surface area contributed by atoms with Crippen molar-refractivity contribution in [2.75, 3.05) is 7.11 Å². The van der Waals surface area contributed by atoms with E-state index in [-0.39, 0.29) is 27.8 Å². The number of carbonyl (C=O) groups is 1. The fourth-order valence-corrected chi connectivity index (χ4v) is 4.22. The fraction of sp³-hybridized carbons (Fsp3) is 0.316. The second-order valence-corrected chi connectivity index (χ2v) is 8.30. The zero-order valence-electron chi connectivity index (χ0n) is 15.3. The minimum Gasteiger partial charge on any atom is -0.495 e. The summed E-state index contributed by atoms with van der Waals surface area (Å²) in [6.45, 7) is 1.51. The van der Waals surface area contributed by atoms with Crippen molar-refractivity contribution < 1.29 is 26.7 Å². The normalized spacial score (nSPS) is 15.1. The summed E-state index contributed by atoms with van der Waals surface area (Å²) in [7, 11) is -2.52. The van der Waals surface area contributed by atoms with Crippen LogP contribution in [0.4, 0.5) is 8.78 Å². The summed E-state index contributed by atoms with van der Waals surface area (Å²) in [6, 6.07) is 6.02. The Morgan fingerprint density at radius 1 is 1.18 bits per heavy atom. The van der Waals surface area contributed by atoms with Gasteiger partial charge in [-0.15, -0.1) is 0 Å². The van der Waals surface area contributed by atoms with Crippen LogP contribution in [-0.4, -0.2) is 27.5 Å². The Morgan fingerprint density at radius 3 is 2.54 bits per heavy atom.